The number of halogens is 2. The predicted molar refractivity (Wildman–Crippen MR) is 111 cm³/mol. The number of nitrogens with zero attached hydrogens (tertiary/aromatic N) is 1. The first-order chi connectivity index (χ1) is 14.9. The molecule has 0 bridgehead atoms. The number of hydrogen-bond acceptors (Lipinski definition) is 4. The summed E-state index contributed by atoms with van der Waals surface area (Å²) in [6.45, 7) is 0. The Labute approximate surface area is 176 Å². The normalized spacial score (nSPS) is 17.8. The molecular formula is C24H17F2NO4. The third-order valence-electron chi connectivity index (χ3n) is 5.06. The van der Waals surface area contributed by atoms with E-state index >= 15 is 0 Å². The van der Waals surface area contributed by atoms with Crippen LogP contribution in [0, 0.1) is 11.6 Å². The molecule has 1 fully saturated rings. The quantitative estimate of drug-likeness (QED) is 0.380. The first kappa shape index (κ1) is 20.3. The van der Waals surface area contributed by atoms with Crippen LogP contribution >= 0.6 is 0 Å². The molecule has 1 amide bonds. The van der Waals surface area contributed by atoms with E-state index in [1.54, 1.807) is 24.3 Å². The van der Waals surface area contributed by atoms with Crippen molar-refractivity contribution in [2.75, 3.05) is 12.0 Å². The fraction of sp³-hybridized carbons (Fsp3) is 0.0833. The van der Waals surface area contributed by atoms with Crippen molar-refractivity contribution in [1.82, 2.24) is 0 Å². The summed E-state index contributed by atoms with van der Waals surface area (Å²) in [6.07, 6.45) is 0. The number of aliphatic hydroxyl groups excluding tert-OH is 1. The number of carbonyl (C=O) groups excluding carboxylic acids is 2. The fourth-order valence-electron chi connectivity index (χ4n) is 3.62. The van der Waals surface area contributed by atoms with Crippen LogP contribution in [0.25, 0.3) is 5.76 Å². The molecule has 1 heterocycles. The highest BCUT2D eigenvalue weighted by atomic mass is 19.1. The molecular weight excluding hydrogens is 404 g/mol. The van der Waals surface area contributed by atoms with Crippen LogP contribution in [0.1, 0.15) is 17.2 Å². The van der Waals surface area contributed by atoms with Crippen LogP contribution in [-0.2, 0) is 9.59 Å². The van der Waals surface area contributed by atoms with Gasteiger partial charge in [-0.05, 0) is 60.2 Å². The average Bonchev–Trinajstić information content (AvgIpc) is 3.04. The Morgan fingerprint density at radius 1 is 0.935 bits per heavy atom. The largest absolute Gasteiger partial charge is 0.507 e. The number of hydrogen-bond donors (Lipinski definition) is 1. The Balaban J connectivity index is 1.96. The van der Waals surface area contributed by atoms with Crippen LogP contribution < -0.4 is 9.64 Å². The highest BCUT2D eigenvalue weighted by Crippen LogP contribution is 2.42. The van der Waals surface area contributed by atoms with Gasteiger partial charge in [0.25, 0.3) is 11.7 Å². The second kappa shape index (κ2) is 8.02. The average molecular weight is 421 g/mol. The smallest absolute Gasteiger partial charge is 0.300 e. The van der Waals surface area contributed by atoms with Gasteiger partial charge in [-0.25, -0.2) is 8.78 Å². The summed E-state index contributed by atoms with van der Waals surface area (Å²) in [5.41, 5.74) is 0.625. The number of rotatable bonds is 4. The molecule has 4 rings (SSSR count). The van der Waals surface area contributed by atoms with Gasteiger partial charge in [0.1, 0.15) is 23.1 Å². The van der Waals surface area contributed by atoms with Crippen LogP contribution in [0.3, 0.4) is 0 Å². The monoisotopic (exact) mass is 421 g/mol. The minimum Gasteiger partial charge on any atom is -0.507 e. The molecule has 0 saturated carbocycles. The molecule has 1 atom stereocenters. The summed E-state index contributed by atoms with van der Waals surface area (Å²) in [7, 11) is 1.47. The lowest BCUT2D eigenvalue weighted by molar-refractivity contribution is -0.132. The second-order valence-electron chi connectivity index (χ2n) is 6.93. The molecule has 1 aliphatic rings. The molecule has 1 saturated heterocycles. The topological polar surface area (TPSA) is 66.8 Å². The minimum absolute atomic E-state index is 0.160. The number of carbonyl (C=O) groups is 2. The van der Waals surface area contributed by atoms with Crippen molar-refractivity contribution in [3.05, 3.63) is 101 Å². The maximum absolute atomic E-state index is 13.9. The predicted octanol–water partition coefficient (Wildman–Crippen LogP) is 4.60. The van der Waals surface area contributed by atoms with Crippen molar-refractivity contribution in [3.8, 4) is 5.75 Å². The standard InChI is InChI=1S/C24H17F2NO4/c1-31-19-7-2-4-15(12-19)21-20(22(28)14-8-10-16(25)11-9-14)23(29)24(30)27(21)18-6-3-5-17(26)13-18/h2-13,21,28H,1H3/b22-20+. The van der Waals surface area contributed by atoms with Gasteiger partial charge in [-0.2, -0.15) is 0 Å². The van der Waals surface area contributed by atoms with Crippen LogP contribution in [0.4, 0.5) is 14.5 Å². The van der Waals surface area contributed by atoms with Crippen LogP contribution in [-0.4, -0.2) is 23.9 Å². The van der Waals surface area contributed by atoms with Gasteiger partial charge in [0, 0.05) is 11.3 Å². The van der Waals surface area contributed by atoms with Crippen molar-refractivity contribution in [3.63, 3.8) is 0 Å². The molecule has 31 heavy (non-hydrogen) atoms. The number of benzene rings is 3. The summed E-state index contributed by atoms with van der Waals surface area (Å²) in [4.78, 5) is 27.1. The molecule has 3 aromatic carbocycles. The molecule has 7 heteroatoms. The number of aliphatic hydroxyl groups is 1. The minimum atomic E-state index is -1.04. The highest BCUT2D eigenvalue weighted by molar-refractivity contribution is 6.51. The first-order valence-corrected chi connectivity index (χ1v) is 9.37. The van der Waals surface area contributed by atoms with Gasteiger partial charge in [0.15, 0.2) is 0 Å². The Morgan fingerprint density at radius 2 is 1.65 bits per heavy atom. The number of anilines is 1. The van der Waals surface area contributed by atoms with E-state index in [-0.39, 0.29) is 16.8 Å². The van der Waals surface area contributed by atoms with Gasteiger partial charge in [-0.3, -0.25) is 14.5 Å². The van der Waals surface area contributed by atoms with E-state index in [0.29, 0.717) is 11.3 Å². The van der Waals surface area contributed by atoms with Crippen LogP contribution in [0.5, 0.6) is 5.75 Å². The number of ether oxygens (including phenoxy) is 1. The number of ketones is 1. The van der Waals surface area contributed by atoms with Gasteiger partial charge in [0.2, 0.25) is 0 Å². The lowest BCUT2D eigenvalue weighted by atomic mass is 9.95. The van der Waals surface area contributed by atoms with E-state index in [2.05, 4.69) is 0 Å². The van der Waals surface area contributed by atoms with E-state index in [9.17, 15) is 23.5 Å². The fourth-order valence-corrected chi connectivity index (χ4v) is 3.62. The molecule has 5 nitrogen and oxygen atoms in total. The third-order valence-corrected chi connectivity index (χ3v) is 5.06. The maximum Gasteiger partial charge on any atom is 0.300 e. The molecule has 1 aliphatic heterocycles. The summed E-state index contributed by atoms with van der Waals surface area (Å²) in [5.74, 6) is -2.92. The Bertz CT molecular complexity index is 1200. The molecule has 156 valence electrons. The summed E-state index contributed by atoms with van der Waals surface area (Å²) in [6, 6.07) is 15.8. The van der Waals surface area contributed by atoms with E-state index in [1.807, 2.05) is 0 Å². The molecule has 0 radical (unpaired) electrons. The zero-order chi connectivity index (χ0) is 22.1. The zero-order valence-electron chi connectivity index (χ0n) is 16.4. The molecule has 0 aromatic heterocycles. The molecule has 0 spiro atoms. The van der Waals surface area contributed by atoms with Crippen molar-refractivity contribution in [1.29, 1.82) is 0 Å². The number of amides is 1. The maximum atomic E-state index is 13.9. The number of Topliss-reactive ketones (excluding diaryl/α,β-unsaturated/α-hetero) is 1. The van der Waals surface area contributed by atoms with E-state index in [1.165, 1.54) is 37.4 Å². The van der Waals surface area contributed by atoms with E-state index in [4.69, 9.17) is 4.74 Å². The van der Waals surface area contributed by atoms with E-state index in [0.717, 1.165) is 23.1 Å². The molecule has 1 unspecified atom stereocenters. The van der Waals surface area contributed by atoms with Crippen molar-refractivity contribution >= 4 is 23.1 Å². The van der Waals surface area contributed by atoms with Crippen LogP contribution in [0.2, 0.25) is 0 Å². The lowest BCUT2D eigenvalue weighted by Gasteiger charge is -2.25. The Morgan fingerprint density at radius 3 is 2.32 bits per heavy atom. The first-order valence-electron chi connectivity index (χ1n) is 9.37. The Hall–Kier alpha value is -4.00. The second-order valence-corrected chi connectivity index (χ2v) is 6.93. The molecule has 0 aliphatic carbocycles. The van der Waals surface area contributed by atoms with Crippen molar-refractivity contribution in [2.24, 2.45) is 0 Å². The molecule has 1 N–H and O–H groups in total. The SMILES string of the molecule is COc1cccc(C2/C(=C(\O)c3ccc(F)cc3)C(=O)C(=O)N2c2cccc(F)c2)c1. The van der Waals surface area contributed by atoms with Gasteiger partial charge in [-0.15, -0.1) is 0 Å². The lowest BCUT2D eigenvalue weighted by Crippen LogP contribution is -2.29. The molecule has 3 aromatic rings. The summed E-state index contributed by atoms with van der Waals surface area (Å²) in [5, 5.41) is 10.9. The Kier molecular flexibility index (Phi) is 5.25. The van der Waals surface area contributed by atoms with Gasteiger partial charge < -0.3 is 9.84 Å². The van der Waals surface area contributed by atoms with Gasteiger partial charge >= 0.3 is 0 Å². The summed E-state index contributed by atoms with van der Waals surface area (Å²) < 4.78 is 32.5. The highest BCUT2D eigenvalue weighted by Gasteiger charge is 2.47. The number of methoxy groups -OCH3 is 1. The van der Waals surface area contributed by atoms with Crippen molar-refractivity contribution < 1.29 is 28.2 Å². The van der Waals surface area contributed by atoms with Crippen molar-refractivity contribution in [2.45, 2.75) is 6.04 Å². The van der Waals surface area contributed by atoms with Crippen LogP contribution in [0.15, 0.2) is 78.4 Å². The van der Waals surface area contributed by atoms with Gasteiger partial charge in [0.05, 0.1) is 18.7 Å². The zero-order valence-corrected chi connectivity index (χ0v) is 16.4. The summed E-state index contributed by atoms with van der Waals surface area (Å²) >= 11 is 0. The third kappa shape index (κ3) is 3.66. The van der Waals surface area contributed by atoms with E-state index < -0.39 is 35.1 Å². The van der Waals surface area contributed by atoms with Gasteiger partial charge in [-0.1, -0.05) is 18.2 Å².